The Kier molecular flexibility index (Phi) is 4.31. The van der Waals surface area contributed by atoms with E-state index in [1.54, 1.807) is 24.3 Å². The van der Waals surface area contributed by atoms with E-state index in [0.29, 0.717) is 16.3 Å². The van der Waals surface area contributed by atoms with Crippen molar-refractivity contribution in [2.24, 2.45) is 0 Å². The van der Waals surface area contributed by atoms with Crippen molar-refractivity contribution in [2.75, 3.05) is 19.8 Å². The zero-order valence-corrected chi connectivity index (χ0v) is 12.7. The predicted molar refractivity (Wildman–Crippen MR) is 80.2 cm³/mol. The summed E-state index contributed by atoms with van der Waals surface area (Å²) in [7, 11) is 0. The van der Waals surface area contributed by atoms with Gasteiger partial charge >= 0.3 is 5.97 Å². The Balaban J connectivity index is 1.84. The third-order valence-electron chi connectivity index (χ3n) is 3.52. The Labute approximate surface area is 136 Å². The maximum atomic E-state index is 12.5. The Morgan fingerprint density at radius 1 is 1.35 bits per heavy atom. The van der Waals surface area contributed by atoms with Gasteiger partial charge in [0.2, 0.25) is 5.76 Å². The van der Waals surface area contributed by atoms with Gasteiger partial charge in [0.05, 0.1) is 13.2 Å². The summed E-state index contributed by atoms with van der Waals surface area (Å²) < 4.78 is 10.2. The molecule has 1 aliphatic heterocycles. The smallest absolute Gasteiger partial charge is 0.328 e. The summed E-state index contributed by atoms with van der Waals surface area (Å²) in [5.41, 5.74) is 1.16. The van der Waals surface area contributed by atoms with Gasteiger partial charge in [0.25, 0.3) is 5.91 Å². The number of aromatic nitrogens is 1. The van der Waals surface area contributed by atoms with Crippen molar-refractivity contribution in [2.45, 2.75) is 6.04 Å². The molecule has 1 amide bonds. The van der Waals surface area contributed by atoms with Crippen LogP contribution in [-0.4, -0.2) is 52.8 Å². The molecule has 1 atom stereocenters. The van der Waals surface area contributed by atoms with E-state index in [0.717, 1.165) is 0 Å². The molecule has 120 valence electrons. The van der Waals surface area contributed by atoms with E-state index in [2.05, 4.69) is 5.16 Å². The second-order valence-electron chi connectivity index (χ2n) is 5.01. The lowest BCUT2D eigenvalue weighted by Gasteiger charge is -2.31. The van der Waals surface area contributed by atoms with Crippen LogP contribution < -0.4 is 0 Å². The van der Waals surface area contributed by atoms with E-state index in [-0.39, 0.29) is 25.5 Å². The van der Waals surface area contributed by atoms with E-state index >= 15 is 0 Å². The van der Waals surface area contributed by atoms with Crippen LogP contribution in [0.5, 0.6) is 0 Å². The van der Waals surface area contributed by atoms with Crippen molar-refractivity contribution >= 4 is 23.5 Å². The average Bonchev–Trinajstić information content (AvgIpc) is 3.04. The largest absolute Gasteiger partial charge is 0.480 e. The molecule has 1 aromatic carbocycles. The molecule has 23 heavy (non-hydrogen) atoms. The first-order valence-electron chi connectivity index (χ1n) is 6.90. The van der Waals surface area contributed by atoms with Crippen molar-refractivity contribution in [1.29, 1.82) is 0 Å². The predicted octanol–water partition coefficient (Wildman–Crippen LogP) is 1.92. The van der Waals surface area contributed by atoms with Crippen LogP contribution in [0.25, 0.3) is 11.3 Å². The zero-order chi connectivity index (χ0) is 16.4. The number of rotatable bonds is 3. The van der Waals surface area contributed by atoms with Crippen LogP contribution in [0.2, 0.25) is 5.02 Å². The second kappa shape index (κ2) is 6.39. The monoisotopic (exact) mass is 336 g/mol. The van der Waals surface area contributed by atoms with Gasteiger partial charge in [-0.25, -0.2) is 4.79 Å². The molecule has 1 saturated heterocycles. The van der Waals surface area contributed by atoms with Gasteiger partial charge in [-0.15, -0.1) is 0 Å². The summed E-state index contributed by atoms with van der Waals surface area (Å²) in [6.07, 6.45) is 0. The third kappa shape index (κ3) is 3.20. The number of nitrogens with zero attached hydrogens (tertiary/aromatic N) is 2. The van der Waals surface area contributed by atoms with Crippen LogP contribution in [0.15, 0.2) is 34.9 Å². The van der Waals surface area contributed by atoms with Gasteiger partial charge in [-0.3, -0.25) is 4.79 Å². The van der Waals surface area contributed by atoms with Crippen molar-refractivity contribution in [3.63, 3.8) is 0 Å². The number of ether oxygens (including phenoxy) is 1. The molecular formula is C15H13ClN2O5. The van der Waals surface area contributed by atoms with Gasteiger partial charge in [-0.05, 0) is 12.1 Å². The minimum atomic E-state index is -1.12. The molecule has 0 saturated carbocycles. The van der Waals surface area contributed by atoms with E-state index < -0.39 is 17.9 Å². The van der Waals surface area contributed by atoms with Crippen LogP contribution >= 0.6 is 11.6 Å². The number of hydrogen-bond acceptors (Lipinski definition) is 5. The summed E-state index contributed by atoms with van der Waals surface area (Å²) >= 11 is 5.93. The van der Waals surface area contributed by atoms with Gasteiger partial charge in [-0.2, -0.15) is 0 Å². The van der Waals surface area contributed by atoms with Crippen LogP contribution in [0.4, 0.5) is 0 Å². The van der Waals surface area contributed by atoms with Crippen LogP contribution in [0, 0.1) is 0 Å². The number of morpholine rings is 1. The highest BCUT2D eigenvalue weighted by Crippen LogP contribution is 2.23. The Morgan fingerprint density at radius 3 is 2.91 bits per heavy atom. The molecule has 3 rings (SSSR count). The number of carbonyl (C=O) groups is 2. The molecule has 1 aromatic heterocycles. The molecule has 2 heterocycles. The zero-order valence-electron chi connectivity index (χ0n) is 11.9. The molecule has 0 bridgehead atoms. The van der Waals surface area contributed by atoms with Gasteiger partial charge in [0.1, 0.15) is 5.69 Å². The summed E-state index contributed by atoms with van der Waals surface area (Å²) in [6, 6.07) is 7.41. The number of aliphatic carboxylic acids is 1. The van der Waals surface area contributed by atoms with E-state index in [9.17, 15) is 14.7 Å². The summed E-state index contributed by atoms with van der Waals surface area (Å²) in [6.45, 7) is 0.421. The molecule has 0 spiro atoms. The first-order chi connectivity index (χ1) is 11.1. The third-order valence-corrected chi connectivity index (χ3v) is 3.75. The number of amides is 1. The van der Waals surface area contributed by atoms with Crippen molar-refractivity contribution in [1.82, 2.24) is 10.1 Å². The van der Waals surface area contributed by atoms with Crippen molar-refractivity contribution in [3.8, 4) is 11.3 Å². The summed E-state index contributed by atoms with van der Waals surface area (Å²) in [5.74, 6) is -1.66. The quantitative estimate of drug-likeness (QED) is 0.920. The highest BCUT2D eigenvalue weighted by atomic mass is 35.5. The van der Waals surface area contributed by atoms with Gasteiger partial charge < -0.3 is 19.3 Å². The lowest BCUT2D eigenvalue weighted by Crippen LogP contribution is -2.52. The lowest BCUT2D eigenvalue weighted by atomic mass is 10.1. The fraction of sp³-hybridized carbons (Fsp3) is 0.267. The van der Waals surface area contributed by atoms with Gasteiger partial charge in [0, 0.05) is 23.2 Å². The number of halogens is 1. The Hall–Kier alpha value is -2.38. The lowest BCUT2D eigenvalue weighted by molar-refractivity contribution is -0.147. The number of carboxylic acid groups (broad SMARTS) is 1. The first kappa shape index (κ1) is 15.5. The molecule has 1 aliphatic rings. The fourth-order valence-electron chi connectivity index (χ4n) is 2.35. The van der Waals surface area contributed by atoms with E-state index in [1.165, 1.54) is 11.0 Å². The highest BCUT2D eigenvalue weighted by molar-refractivity contribution is 6.30. The minimum Gasteiger partial charge on any atom is -0.480 e. The summed E-state index contributed by atoms with van der Waals surface area (Å²) in [5, 5.41) is 13.6. The normalized spacial score (nSPS) is 18.0. The van der Waals surface area contributed by atoms with Crippen LogP contribution in [-0.2, 0) is 9.53 Å². The maximum Gasteiger partial charge on any atom is 0.328 e. The van der Waals surface area contributed by atoms with E-state index in [1.807, 2.05) is 0 Å². The minimum absolute atomic E-state index is 0.0203. The number of hydrogen-bond donors (Lipinski definition) is 1. The first-order valence-corrected chi connectivity index (χ1v) is 7.28. The molecule has 0 aliphatic carbocycles. The Morgan fingerprint density at radius 2 is 2.17 bits per heavy atom. The second-order valence-corrected chi connectivity index (χ2v) is 5.45. The molecule has 8 heteroatoms. The summed E-state index contributed by atoms with van der Waals surface area (Å²) in [4.78, 5) is 24.9. The molecule has 1 fully saturated rings. The van der Waals surface area contributed by atoms with Crippen molar-refractivity contribution < 1.29 is 24.0 Å². The van der Waals surface area contributed by atoms with E-state index in [4.69, 9.17) is 20.9 Å². The number of carboxylic acids is 1. The Bertz CT molecular complexity index is 745. The molecular weight excluding hydrogens is 324 g/mol. The maximum absolute atomic E-state index is 12.5. The standard InChI is InChI=1S/C15H13ClN2O5/c16-10-3-1-2-9(6-10)11-7-13(23-17-11)14(19)18-4-5-22-8-12(18)15(20)21/h1-3,6-7,12H,4-5,8H2,(H,20,21)/t12-/m1/s1. The van der Waals surface area contributed by atoms with Crippen LogP contribution in [0.1, 0.15) is 10.6 Å². The molecule has 7 nitrogen and oxygen atoms in total. The fourth-order valence-corrected chi connectivity index (χ4v) is 2.54. The SMILES string of the molecule is O=C(O)[C@H]1COCCN1C(=O)c1cc(-c2cccc(Cl)c2)no1. The molecule has 0 radical (unpaired) electrons. The average molecular weight is 337 g/mol. The molecule has 1 N–H and O–H groups in total. The van der Waals surface area contributed by atoms with Gasteiger partial charge in [-0.1, -0.05) is 28.9 Å². The number of carbonyl (C=O) groups excluding carboxylic acids is 1. The van der Waals surface area contributed by atoms with Crippen molar-refractivity contribution in [3.05, 3.63) is 41.1 Å². The van der Waals surface area contributed by atoms with Crippen LogP contribution in [0.3, 0.4) is 0 Å². The van der Waals surface area contributed by atoms with Gasteiger partial charge in [0.15, 0.2) is 6.04 Å². The molecule has 0 unspecified atom stereocenters. The topological polar surface area (TPSA) is 92.9 Å². The number of benzene rings is 1. The molecule has 2 aromatic rings. The highest BCUT2D eigenvalue weighted by Gasteiger charge is 2.34.